The molecule has 1 fully saturated rings. The minimum absolute atomic E-state index is 0.00260. The van der Waals surface area contributed by atoms with Gasteiger partial charge in [-0.3, -0.25) is 4.79 Å². The average molecular weight is 289 g/mol. The molecular formula is C14H19N5O2. The number of likely N-dealkylation sites (tertiary alicyclic amines) is 1. The summed E-state index contributed by atoms with van der Waals surface area (Å²) >= 11 is 0. The molecule has 7 nitrogen and oxygen atoms in total. The quantitative estimate of drug-likeness (QED) is 0.887. The number of nitrogens with zero attached hydrogens (tertiary/aromatic N) is 5. The maximum atomic E-state index is 12.7. The molecule has 112 valence electrons. The van der Waals surface area contributed by atoms with Crippen molar-refractivity contribution in [1.29, 1.82) is 0 Å². The molecule has 1 atom stereocenters. The zero-order valence-corrected chi connectivity index (χ0v) is 12.1. The number of fused-ring (bicyclic) bond motifs is 1. The Labute approximate surface area is 122 Å². The summed E-state index contributed by atoms with van der Waals surface area (Å²) in [5, 5.41) is 13.2. The normalized spacial score (nSPS) is 18.6. The number of aromatic nitrogens is 4. The van der Waals surface area contributed by atoms with E-state index in [0.29, 0.717) is 30.2 Å². The molecule has 2 aromatic rings. The Morgan fingerprint density at radius 3 is 3.10 bits per heavy atom. The van der Waals surface area contributed by atoms with Crippen LogP contribution in [0.15, 0.2) is 12.5 Å². The van der Waals surface area contributed by atoms with Crippen molar-refractivity contribution in [3.63, 3.8) is 0 Å². The first-order valence-electron chi connectivity index (χ1n) is 7.32. The van der Waals surface area contributed by atoms with Crippen molar-refractivity contribution in [3.05, 3.63) is 23.8 Å². The van der Waals surface area contributed by atoms with E-state index in [2.05, 4.69) is 15.1 Å². The average Bonchev–Trinajstić information content (AvgIpc) is 3.14. The van der Waals surface area contributed by atoms with Gasteiger partial charge in [0.2, 0.25) is 0 Å². The topological polar surface area (TPSA) is 83.6 Å². The minimum atomic E-state index is -0.00260. The van der Waals surface area contributed by atoms with E-state index in [9.17, 15) is 4.79 Å². The van der Waals surface area contributed by atoms with Gasteiger partial charge in [-0.2, -0.15) is 10.1 Å². The van der Waals surface area contributed by atoms with E-state index in [-0.39, 0.29) is 12.5 Å². The molecule has 1 aliphatic rings. The van der Waals surface area contributed by atoms with Crippen molar-refractivity contribution >= 4 is 11.7 Å². The minimum Gasteiger partial charge on any atom is -0.396 e. The molecule has 3 rings (SSSR count). The highest BCUT2D eigenvalue weighted by Crippen LogP contribution is 2.22. The van der Waals surface area contributed by atoms with E-state index >= 15 is 0 Å². The van der Waals surface area contributed by atoms with Crippen molar-refractivity contribution < 1.29 is 9.90 Å². The fraction of sp³-hybridized carbons (Fsp3) is 0.571. The summed E-state index contributed by atoms with van der Waals surface area (Å²) in [6, 6.07) is 0. The van der Waals surface area contributed by atoms with Gasteiger partial charge >= 0.3 is 0 Å². The first-order valence-corrected chi connectivity index (χ1v) is 7.32. The van der Waals surface area contributed by atoms with Crippen LogP contribution in [0, 0.1) is 5.92 Å². The summed E-state index contributed by atoms with van der Waals surface area (Å²) in [7, 11) is 0. The number of amides is 1. The summed E-state index contributed by atoms with van der Waals surface area (Å²) in [4.78, 5) is 22.8. The van der Waals surface area contributed by atoms with Gasteiger partial charge in [0.1, 0.15) is 6.33 Å². The van der Waals surface area contributed by atoms with Crippen molar-refractivity contribution in [2.24, 2.45) is 5.92 Å². The number of aliphatic hydroxyl groups excluding tert-OH is 1. The summed E-state index contributed by atoms with van der Waals surface area (Å²) in [5.41, 5.74) is 1.44. The van der Waals surface area contributed by atoms with E-state index in [4.69, 9.17) is 5.11 Å². The number of aryl methyl sites for hydroxylation is 1. The maximum Gasteiger partial charge on any atom is 0.257 e. The third-order valence-corrected chi connectivity index (χ3v) is 4.08. The molecule has 2 aromatic heterocycles. The molecule has 1 aliphatic heterocycles. The number of hydrogen-bond acceptors (Lipinski definition) is 5. The smallest absolute Gasteiger partial charge is 0.257 e. The Balaban J connectivity index is 1.88. The van der Waals surface area contributed by atoms with Gasteiger partial charge in [-0.1, -0.05) is 6.92 Å². The van der Waals surface area contributed by atoms with Crippen LogP contribution in [-0.4, -0.2) is 55.2 Å². The Morgan fingerprint density at radius 2 is 2.33 bits per heavy atom. The van der Waals surface area contributed by atoms with Crippen molar-refractivity contribution in [1.82, 2.24) is 24.5 Å². The van der Waals surface area contributed by atoms with Crippen molar-refractivity contribution in [2.75, 3.05) is 19.7 Å². The van der Waals surface area contributed by atoms with Crippen LogP contribution in [0.2, 0.25) is 0 Å². The molecule has 1 amide bonds. The molecular weight excluding hydrogens is 270 g/mol. The highest BCUT2D eigenvalue weighted by molar-refractivity contribution is 5.95. The summed E-state index contributed by atoms with van der Waals surface area (Å²) in [6.45, 7) is 3.62. The largest absolute Gasteiger partial charge is 0.396 e. The second kappa shape index (κ2) is 5.77. The van der Waals surface area contributed by atoms with Crippen LogP contribution in [0.3, 0.4) is 0 Å². The lowest BCUT2D eigenvalue weighted by Gasteiger charge is -2.18. The van der Waals surface area contributed by atoms with E-state index < -0.39 is 0 Å². The third kappa shape index (κ3) is 2.49. The standard InChI is InChI=1S/C14H19N5O2/c1-2-12-11(7-15-14-16-9-17-19(12)14)13(21)18-5-3-10(8-18)4-6-20/h7,9-10,20H,2-6,8H2,1H3. The number of carbonyl (C=O) groups excluding carboxylic acids is 1. The highest BCUT2D eigenvalue weighted by Gasteiger charge is 2.28. The molecule has 0 saturated carbocycles. The predicted molar refractivity (Wildman–Crippen MR) is 75.9 cm³/mol. The van der Waals surface area contributed by atoms with Gasteiger partial charge in [-0.15, -0.1) is 0 Å². The van der Waals surface area contributed by atoms with Gasteiger partial charge in [-0.25, -0.2) is 9.50 Å². The zero-order valence-electron chi connectivity index (χ0n) is 12.1. The molecule has 7 heteroatoms. The Kier molecular flexibility index (Phi) is 3.83. The summed E-state index contributed by atoms with van der Waals surface area (Å²) < 4.78 is 1.63. The Morgan fingerprint density at radius 1 is 1.48 bits per heavy atom. The SMILES string of the molecule is CCc1c(C(=O)N2CCC(CCO)C2)cnc2ncnn12. The van der Waals surface area contributed by atoms with Gasteiger partial charge in [-0.05, 0) is 25.2 Å². The molecule has 0 spiro atoms. The molecule has 0 bridgehead atoms. The molecule has 0 radical (unpaired) electrons. The molecule has 3 heterocycles. The lowest BCUT2D eigenvalue weighted by atomic mass is 10.1. The zero-order chi connectivity index (χ0) is 14.8. The highest BCUT2D eigenvalue weighted by atomic mass is 16.3. The van der Waals surface area contributed by atoms with Crippen LogP contribution in [0.25, 0.3) is 5.78 Å². The van der Waals surface area contributed by atoms with Gasteiger partial charge in [0.05, 0.1) is 11.3 Å². The Bertz CT molecular complexity index is 654. The predicted octanol–water partition coefficient (Wildman–Crippen LogP) is 0.531. The maximum absolute atomic E-state index is 12.7. The lowest BCUT2D eigenvalue weighted by Crippen LogP contribution is -2.30. The van der Waals surface area contributed by atoms with Crippen LogP contribution in [0.1, 0.15) is 35.8 Å². The second-order valence-corrected chi connectivity index (χ2v) is 5.36. The van der Waals surface area contributed by atoms with Crippen LogP contribution in [-0.2, 0) is 6.42 Å². The molecule has 1 saturated heterocycles. The van der Waals surface area contributed by atoms with Crippen molar-refractivity contribution in [2.45, 2.75) is 26.2 Å². The van der Waals surface area contributed by atoms with Crippen molar-refractivity contribution in [3.8, 4) is 0 Å². The van der Waals surface area contributed by atoms with Crippen LogP contribution >= 0.6 is 0 Å². The van der Waals surface area contributed by atoms with Crippen LogP contribution < -0.4 is 0 Å². The lowest BCUT2D eigenvalue weighted by molar-refractivity contribution is 0.0782. The molecule has 1 N–H and O–H groups in total. The van der Waals surface area contributed by atoms with Gasteiger partial charge in [0.15, 0.2) is 0 Å². The van der Waals surface area contributed by atoms with E-state index in [1.165, 1.54) is 6.33 Å². The summed E-state index contributed by atoms with van der Waals surface area (Å²) in [5.74, 6) is 0.909. The number of rotatable bonds is 4. The van der Waals surface area contributed by atoms with Gasteiger partial charge in [0, 0.05) is 25.9 Å². The van der Waals surface area contributed by atoms with Gasteiger partial charge in [0.25, 0.3) is 11.7 Å². The first-order chi connectivity index (χ1) is 10.2. The Hall–Kier alpha value is -2.02. The third-order valence-electron chi connectivity index (χ3n) is 4.08. The van der Waals surface area contributed by atoms with Gasteiger partial charge < -0.3 is 10.0 Å². The van der Waals surface area contributed by atoms with Crippen LogP contribution in [0.4, 0.5) is 0 Å². The number of carbonyl (C=O) groups is 1. The number of hydrogen-bond donors (Lipinski definition) is 1. The summed E-state index contributed by atoms with van der Waals surface area (Å²) in [6.07, 6.45) is 5.45. The molecule has 21 heavy (non-hydrogen) atoms. The number of aliphatic hydroxyl groups is 1. The second-order valence-electron chi connectivity index (χ2n) is 5.36. The van der Waals surface area contributed by atoms with E-state index in [0.717, 1.165) is 25.1 Å². The first kappa shape index (κ1) is 13.9. The fourth-order valence-corrected chi connectivity index (χ4v) is 2.95. The van der Waals surface area contributed by atoms with E-state index in [1.807, 2.05) is 11.8 Å². The molecule has 1 unspecified atom stereocenters. The molecule has 0 aromatic carbocycles. The fourth-order valence-electron chi connectivity index (χ4n) is 2.95. The van der Waals surface area contributed by atoms with Crippen LogP contribution in [0.5, 0.6) is 0 Å². The monoisotopic (exact) mass is 289 g/mol. The van der Waals surface area contributed by atoms with E-state index in [1.54, 1.807) is 10.7 Å². The molecule has 0 aliphatic carbocycles.